The summed E-state index contributed by atoms with van der Waals surface area (Å²) in [5.74, 6) is 1.76. The van der Waals surface area contributed by atoms with E-state index in [9.17, 15) is 4.79 Å². The minimum absolute atomic E-state index is 0.222. The second-order valence-corrected chi connectivity index (χ2v) is 4.05. The summed E-state index contributed by atoms with van der Waals surface area (Å²) in [6.07, 6.45) is 0. The molecule has 1 aromatic carbocycles. The highest BCUT2D eigenvalue weighted by Gasteiger charge is 2.12. The lowest BCUT2D eigenvalue weighted by Gasteiger charge is -2.18. The molecular formula is C13H12N2O3. The van der Waals surface area contributed by atoms with Gasteiger partial charge >= 0.3 is 0 Å². The van der Waals surface area contributed by atoms with Crippen molar-refractivity contribution in [3.63, 3.8) is 0 Å². The molecule has 0 saturated carbocycles. The molecule has 0 saturated heterocycles. The molecule has 1 aliphatic rings. The molecule has 0 fully saturated rings. The van der Waals surface area contributed by atoms with Gasteiger partial charge in [-0.3, -0.25) is 4.79 Å². The van der Waals surface area contributed by atoms with Crippen molar-refractivity contribution in [3.05, 3.63) is 40.7 Å². The minimum Gasteiger partial charge on any atom is -0.486 e. The van der Waals surface area contributed by atoms with E-state index in [4.69, 9.17) is 15.2 Å². The molecule has 0 amide bonds. The SMILES string of the molecule is Nc1cc(-c2ccc3c(c2)OCCO3)cc(=O)[nH]1. The average molecular weight is 244 g/mol. The summed E-state index contributed by atoms with van der Waals surface area (Å²) >= 11 is 0. The van der Waals surface area contributed by atoms with Crippen molar-refractivity contribution in [2.24, 2.45) is 0 Å². The molecule has 0 aliphatic carbocycles. The molecule has 0 unspecified atom stereocenters. The van der Waals surface area contributed by atoms with Gasteiger partial charge in [0.25, 0.3) is 0 Å². The summed E-state index contributed by atoms with van der Waals surface area (Å²) in [5.41, 5.74) is 7.03. The van der Waals surface area contributed by atoms with Gasteiger partial charge in [0.1, 0.15) is 19.0 Å². The Morgan fingerprint density at radius 2 is 1.78 bits per heavy atom. The first-order chi connectivity index (χ1) is 8.72. The summed E-state index contributed by atoms with van der Waals surface area (Å²) in [6.45, 7) is 1.10. The fraction of sp³-hybridized carbons (Fsp3) is 0.154. The Bertz CT molecular complexity index is 649. The molecule has 0 radical (unpaired) electrons. The van der Waals surface area contributed by atoms with Crippen molar-refractivity contribution >= 4 is 5.82 Å². The van der Waals surface area contributed by atoms with Crippen LogP contribution in [0.3, 0.4) is 0 Å². The van der Waals surface area contributed by atoms with Gasteiger partial charge in [0.05, 0.1) is 0 Å². The molecule has 18 heavy (non-hydrogen) atoms. The summed E-state index contributed by atoms with van der Waals surface area (Å²) in [7, 11) is 0. The number of H-pyrrole nitrogens is 1. The van der Waals surface area contributed by atoms with Gasteiger partial charge in [-0.1, -0.05) is 6.07 Å². The van der Waals surface area contributed by atoms with Crippen molar-refractivity contribution in [2.75, 3.05) is 18.9 Å². The quantitative estimate of drug-likeness (QED) is 0.794. The summed E-state index contributed by atoms with van der Waals surface area (Å²) in [5, 5.41) is 0. The third-order valence-corrected chi connectivity index (χ3v) is 2.74. The lowest BCUT2D eigenvalue weighted by atomic mass is 10.1. The summed E-state index contributed by atoms with van der Waals surface area (Å²) in [6, 6.07) is 8.78. The van der Waals surface area contributed by atoms with Crippen molar-refractivity contribution in [1.82, 2.24) is 4.98 Å². The van der Waals surface area contributed by atoms with E-state index in [-0.39, 0.29) is 5.56 Å². The Balaban J connectivity index is 2.08. The van der Waals surface area contributed by atoms with Gasteiger partial charge in [-0.25, -0.2) is 0 Å². The van der Waals surface area contributed by atoms with Crippen LogP contribution in [0.1, 0.15) is 0 Å². The van der Waals surface area contributed by atoms with Gasteiger partial charge in [0, 0.05) is 6.07 Å². The van der Waals surface area contributed by atoms with Crippen LogP contribution < -0.4 is 20.8 Å². The van der Waals surface area contributed by atoms with Gasteiger partial charge in [-0.05, 0) is 29.3 Å². The molecule has 0 bridgehead atoms. The van der Waals surface area contributed by atoms with Crippen molar-refractivity contribution in [3.8, 4) is 22.6 Å². The fourth-order valence-corrected chi connectivity index (χ4v) is 1.95. The third-order valence-electron chi connectivity index (χ3n) is 2.74. The summed E-state index contributed by atoms with van der Waals surface area (Å²) < 4.78 is 10.9. The van der Waals surface area contributed by atoms with E-state index in [0.29, 0.717) is 24.8 Å². The molecular weight excluding hydrogens is 232 g/mol. The predicted molar refractivity (Wildman–Crippen MR) is 67.9 cm³/mol. The Kier molecular flexibility index (Phi) is 2.44. The predicted octanol–water partition coefficient (Wildman–Crippen LogP) is 1.40. The van der Waals surface area contributed by atoms with Gasteiger partial charge in [0.2, 0.25) is 5.56 Å². The van der Waals surface area contributed by atoms with E-state index in [1.165, 1.54) is 6.07 Å². The van der Waals surface area contributed by atoms with Gasteiger partial charge < -0.3 is 20.2 Å². The van der Waals surface area contributed by atoms with Crippen LogP contribution in [0.25, 0.3) is 11.1 Å². The molecule has 0 spiro atoms. The molecule has 92 valence electrons. The molecule has 3 N–H and O–H groups in total. The normalized spacial score (nSPS) is 13.3. The second-order valence-electron chi connectivity index (χ2n) is 4.05. The number of nitrogens with one attached hydrogen (secondary N) is 1. The Labute approximate surface area is 103 Å². The zero-order valence-electron chi connectivity index (χ0n) is 9.60. The van der Waals surface area contributed by atoms with Crippen LogP contribution in [0.15, 0.2) is 35.1 Å². The van der Waals surface area contributed by atoms with E-state index < -0.39 is 0 Å². The van der Waals surface area contributed by atoms with Gasteiger partial charge in [-0.2, -0.15) is 0 Å². The zero-order valence-corrected chi connectivity index (χ0v) is 9.60. The molecule has 5 nitrogen and oxygen atoms in total. The van der Waals surface area contributed by atoms with Crippen LogP contribution in [0.5, 0.6) is 11.5 Å². The highest BCUT2D eigenvalue weighted by atomic mass is 16.6. The van der Waals surface area contributed by atoms with Crippen molar-refractivity contribution < 1.29 is 9.47 Å². The number of hydrogen-bond acceptors (Lipinski definition) is 4. The topological polar surface area (TPSA) is 77.3 Å². The molecule has 1 aliphatic heterocycles. The maximum atomic E-state index is 11.4. The molecule has 3 rings (SSSR count). The highest BCUT2D eigenvalue weighted by Crippen LogP contribution is 2.34. The van der Waals surface area contributed by atoms with Crippen molar-refractivity contribution in [2.45, 2.75) is 0 Å². The number of rotatable bonds is 1. The Hall–Kier alpha value is -2.43. The number of benzene rings is 1. The molecule has 1 aromatic heterocycles. The zero-order chi connectivity index (χ0) is 12.5. The highest BCUT2D eigenvalue weighted by molar-refractivity contribution is 5.69. The van der Waals surface area contributed by atoms with E-state index >= 15 is 0 Å². The number of aromatic amines is 1. The fourth-order valence-electron chi connectivity index (χ4n) is 1.95. The number of nitrogens with two attached hydrogens (primary N) is 1. The number of aromatic nitrogens is 1. The molecule has 2 heterocycles. The minimum atomic E-state index is -0.222. The average Bonchev–Trinajstić information content (AvgIpc) is 2.37. The van der Waals surface area contributed by atoms with E-state index in [1.54, 1.807) is 6.07 Å². The van der Waals surface area contributed by atoms with Gasteiger partial charge in [0.15, 0.2) is 11.5 Å². The van der Waals surface area contributed by atoms with Crippen LogP contribution in [-0.4, -0.2) is 18.2 Å². The van der Waals surface area contributed by atoms with Crippen LogP contribution in [0.4, 0.5) is 5.82 Å². The standard InChI is InChI=1S/C13H12N2O3/c14-12-6-9(7-13(16)15-12)8-1-2-10-11(5-8)18-4-3-17-10/h1-2,5-7H,3-4H2,(H3,14,15,16). The largest absolute Gasteiger partial charge is 0.486 e. The molecule has 5 heteroatoms. The van der Waals surface area contributed by atoms with Crippen LogP contribution >= 0.6 is 0 Å². The lowest BCUT2D eigenvalue weighted by molar-refractivity contribution is 0.171. The third kappa shape index (κ3) is 1.90. The maximum Gasteiger partial charge on any atom is 0.250 e. The Morgan fingerprint density at radius 1 is 1.00 bits per heavy atom. The van der Waals surface area contributed by atoms with Crippen LogP contribution in [0, 0.1) is 0 Å². The number of hydrogen-bond donors (Lipinski definition) is 2. The monoisotopic (exact) mass is 244 g/mol. The Morgan fingerprint density at radius 3 is 2.56 bits per heavy atom. The number of anilines is 1. The second kappa shape index (κ2) is 4.10. The lowest BCUT2D eigenvalue weighted by Crippen LogP contribution is -2.15. The first-order valence-corrected chi connectivity index (χ1v) is 5.62. The van der Waals surface area contributed by atoms with E-state index in [1.807, 2.05) is 18.2 Å². The van der Waals surface area contributed by atoms with Crippen molar-refractivity contribution in [1.29, 1.82) is 0 Å². The van der Waals surface area contributed by atoms with E-state index in [2.05, 4.69) is 4.98 Å². The number of ether oxygens (including phenoxy) is 2. The van der Waals surface area contributed by atoms with Crippen LogP contribution in [0.2, 0.25) is 0 Å². The number of fused-ring (bicyclic) bond motifs is 1. The summed E-state index contributed by atoms with van der Waals surface area (Å²) in [4.78, 5) is 13.9. The smallest absolute Gasteiger partial charge is 0.250 e. The maximum absolute atomic E-state index is 11.4. The number of pyridine rings is 1. The first kappa shape index (κ1) is 10.7. The van der Waals surface area contributed by atoms with Gasteiger partial charge in [-0.15, -0.1) is 0 Å². The molecule has 2 aromatic rings. The first-order valence-electron chi connectivity index (χ1n) is 5.62. The number of nitrogen functional groups attached to an aromatic ring is 1. The molecule has 0 atom stereocenters. The van der Waals surface area contributed by atoms with Crippen LogP contribution in [-0.2, 0) is 0 Å². The van der Waals surface area contributed by atoms with E-state index in [0.717, 1.165) is 16.9 Å².